The number of anilines is 2. The van der Waals surface area contributed by atoms with Crippen molar-refractivity contribution in [2.24, 2.45) is 5.92 Å². The van der Waals surface area contributed by atoms with Crippen molar-refractivity contribution in [3.8, 4) is 0 Å². The van der Waals surface area contributed by atoms with Crippen molar-refractivity contribution in [1.29, 1.82) is 0 Å². The lowest BCUT2D eigenvalue weighted by molar-refractivity contribution is -0.120. The highest BCUT2D eigenvalue weighted by Crippen LogP contribution is 2.27. The number of carbonyl (C=O) groups is 2. The van der Waals surface area contributed by atoms with E-state index in [1.165, 1.54) is 18.4 Å². The molecule has 3 N–H and O–H groups in total. The Kier molecular flexibility index (Phi) is 7.44. The number of nitrogens with one attached hydrogen (secondary N) is 3. The Morgan fingerprint density at radius 3 is 2.19 bits per heavy atom. The van der Waals surface area contributed by atoms with E-state index in [0.717, 1.165) is 12.8 Å². The highest BCUT2D eigenvalue weighted by molar-refractivity contribution is 7.80. The lowest BCUT2D eigenvalue weighted by Gasteiger charge is -2.19. The molecule has 1 saturated carbocycles. The molecule has 0 aliphatic heterocycles. The second-order valence-electron chi connectivity index (χ2n) is 9.22. The zero-order valence-corrected chi connectivity index (χ0v) is 19.3. The fraction of sp³-hybridized carbons (Fsp3) is 0.400. The summed E-state index contributed by atoms with van der Waals surface area (Å²) >= 11 is 5.27. The van der Waals surface area contributed by atoms with Gasteiger partial charge in [-0.15, -0.1) is 0 Å². The Bertz CT molecular complexity index is 942. The van der Waals surface area contributed by atoms with Gasteiger partial charge >= 0.3 is 0 Å². The van der Waals surface area contributed by atoms with Crippen LogP contribution in [-0.2, 0) is 10.2 Å². The maximum Gasteiger partial charge on any atom is 0.255 e. The van der Waals surface area contributed by atoms with E-state index < -0.39 is 0 Å². The molecule has 31 heavy (non-hydrogen) atoms. The van der Waals surface area contributed by atoms with Gasteiger partial charge in [0.1, 0.15) is 0 Å². The molecule has 0 unspecified atom stereocenters. The molecule has 0 bridgehead atoms. The summed E-state index contributed by atoms with van der Waals surface area (Å²) in [7, 11) is 0. The highest BCUT2D eigenvalue weighted by Gasteiger charge is 2.19. The van der Waals surface area contributed by atoms with Crippen LogP contribution in [0.5, 0.6) is 0 Å². The number of hydrogen-bond donors (Lipinski definition) is 3. The third-order valence-corrected chi connectivity index (χ3v) is 5.80. The summed E-state index contributed by atoms with van der Waals surface area (Å²) in [5.74, 6) is 0.247. The van der Waals surface area contributed by atoms with Crippen LogP contribution in [0.3, 0.4) is 0 Å². The minimum atomic E-state index is -0.176. The Morgan fingerprint density at radius 1 is 0.968 bits per heavy atom. The quantitative estimate of drug-likeness (QED) is 0.530. The molecule has 0 aromatic heterocycles. The van der Waals surface area contributed by atoms with Crippen molar-refractivity contribution in [3.05, 3.63) is 59.7 Å². The van der Waals surface area contributed by atoms with E-state index in [9.17, 15) is 9.59 Å². The smallest absolute Gasteiger partial charge is 0.255 e. The predicted octanol–water partition coefficient (Wildman–Crippen LogP) is 5.63. The van der Waals surface area contributed by atoms with E-state index in [1.807, 2.05) is 42.5 Å². The third kappa shape index (κ3) is 6.89. The number of amides is 2. The van der Waals surface area contributed by atoms with Gasteiger partial charge in [-0.1, -0.05) is 51.8 Å². The summed E-state index contributed by atoms with van der Waals surface area (Å²) in [6.07, 6.45) is 5.17. The van der Waals surface area contributed by atoms with Gasteiger partial charge in [-0.2, -0.15) is 0 Å². The van der Waals surface area contributed by atoms with Crippen molar-refractivity contribution in [2.75, 3.05) is 10.6 Å². The van der Waals surface area contributed by atoms with Crippen LogP contribution in [0.25, 0.3) is 0 Å². The molecule has 2 aromatic rings. The van der Waals surface area contributed by atoms with E-state index in [1.54, 1.807) is 6.07 Å². The van der Waals surface area contributed by atoms with E-state index in [4.69, 9.17) is 12.2 Å². The van der Waals surface area contributed by atoms with Crippen LogP contribution in [0.15, 0.2) is 48.5 Å². The Balaban J connectivity index is 1.55. The molecule has 0 heterocycles. The van der Waals surface area contributed by atoms with E-state index in [2.05, 4.69) is 36.7 Å². The first-order valence-corrected chi connectivity index (χ1v) is 11.2. The van der Waals surface area contributed by atoms with E-state index in [0.29, 0.717) is 29.3 Å². The molecule has 1 fully saturated rings. The summed E-state index contributed by atoms with van der Waals surface area (Å²) < 4.78 is 0. The molecule has 3 rings (SSSR count). The average molecular weight is 438 g/mol. The van der Waals surface area contributed by atoms with Gasteiger partial charge in [0.15, 0.2) is 5.11 Å². The van der Waals surface area contributed by atoms with Gasteiger partial charge in [0.25, 0.3) is 5.91 Å². The lowest BCUT2D eigenvalue weighted by Crippen LogP contribution is -2.34. The average Bonchev–Trinajstić information content (AvgIpc) is 3.20. The summed E-state index contributed by atoms with van der Waals surface area (Å²) in [6, 6.07) is 14.9. The molecule has 2 amide bonds. The fourth-order valence-electron chi connectivity index (χ4n) is 3.82. The number of hydrogen-bond acceptors (Lipinski definition) is 3. The van der Waals surface area contributed by atoms with Gasteiger partial charge in [-0.25, -0.2) is 0 Å². The van der Waals surface area contributed by atoms with Crippen molar-refractivity contribution in [3.63, 3.8) is 0 Å². The molecule has 164 valence electrons. The summed E-state index contributed by atoms with van der Waals surface area (Å²) in [6.45, 7) is 6.42. The second-order valence-corrected chi connectivity index (χ2v) is 9.63. The summed E-state index contributed by atoms with van der Waals surface area (Å²) in [4.78, 5) is 24.8. The van der Waals surface area contributed by atoms with Crippen molar-refractivity contribution in [1.82, 2.24) is 5.32 Å². The van der Waals surface area contributed by atoms with Crippen molar-refractivity contribution < 1.29 is 9.59 Å². The second kappa shape index (κ2) is 10.1. The minimum Gasteiger partial charge on any atom is -0.332 e. The van der Waals surface area contributed by atoms with Crippen LogP contribution < -0.4 is 16.0 Å². The van der Waals surface area contributed by atoms with Gasteiger partial charge in [-0.3, -0.25) is 9.59 Å². The number of thiocarbonyl (C=S) groups is 1. The van der Waals surface area contributed by atoms with Crippen LogP contribution in [0, 0.1) is 5.92 Å². The van der Waals surface area contributed by atoms with Crippen LogP contribution in [-0.4, -0.2) is 16.9 Å². The first-order valence-electron chi connectivity index (χ1n) is 10.8. The molecular weight excluding hydrogens is 406 g/mol. The van der Waals surface area contributed by atoms with Crippen LogP contribution in [0.1, 0.15) is 68.8 Å². The Morgan fingerprint density at radius 2 is 1.58 bits per heavy atom. The van der Waals surface area contributed by atoms with Gasteiger partial charge in [0.05, 0.1) is 0 Å². The zero-order valence-electron chi connectivity index (χ0n) is 18.5. The number of rotatable bonds is 5. The Hall–Kier alpha value is -2.73. The minimum absolute atomic E-state index is 0.0416. The maximum atomic E-state index is 12.6. The molecule has 0 saturated heterocycles. The molecule has 0 radical (unpaired) electrons. The molecule has 0 spiro atoms. The number of carbonyl (C=O) groups excluding carboxylic acids is 2. The third-order valence-electron chi connectivity index (χ3n) is 5.59. The van der Waals surface area contributed by atoms with Crippen molar-refractivity contribution in [2.45, 2.75) is 58.3 Å². The normalized spacial score (nSPS) is 14.2. The molecule has 1 aliphatic carbocycles. The van der Waals surface area contributed by atoms with E-state index >= 15 is 0 Å². The monoisotopic (exact) mass is 437 g/mol. The van der Waals surface area contributed by atoms with Crippen LogP contribution in [0.4, 0.5) is 11.4 Å². The van der Waals surface area contributed by atoms with E-state index in [-0.39, 0.29) is 22.3 Å². The molecular formula is C25H31N3O2S. The maximum absolute atomic E-state index is 12.6. The van der Waals surface area contributed by atoms with Gasteiger partial charge < -0.3 is 16.0 Å². The summed E-state index contributed by atoms with van der Waals surface area (Å²) in [5.41, 5.74) is 3.17. The van der Waals surface area contributed by atoms with Gasteiger partial charge in [0, 0.05) is 23.4 Å². The molecule has 1 aliphatic rings. The molecule has 2 aromatic carbocycles. The first kappa shape index (κ1) is 22.9. The fourth-order valence-corrected chi connectivity index (χ4v) is 4.05. The molecule has 6 heteroatoms. The van der Waals surface area contributed by atoms with Crippen LogP contribution in [0.2, 0.25) is 0 Å². The SMILES string of the molecule is CC(C)(C)c1ccc(C(=O)Nc2cccc(NC(=S)NC(=O)CC3CCCC3)c2)cc1. The molecule has 5 nitrogen and oxygen atoms in total. The van der Waals surface area contributed by atoms with Gasteiger partial charge in [0.2, 0.25) is 5.91 Å². The predicted molar refractivity (Wildman–Crippen MR) is 130 cm³/mol. The topological polar surface area (TPSA) is 70.2 Å². The lowest BCUT2D eigenvalue weighted by atomic mass is 9.87. The highest BCUT2D eigenvalue weighted by atomic mass is 32.1. The van der Waals surface area contributed by atoms with Crippen LogP contribution >= 0.6 is 12.2 Å². The molecule has 0 atom stereocenters. The van der Waals surface area contributed by atoms with Gasteiger partial charge in [-0.05, 0) is 72.3 Å². The standard InChI is InChI=1S/C25H31N3O2S/c1-25(2,3)19-13-11-18(12-14-19)23(30)26-20-9-6-10-21(16-20)27-24(31)28-22(29)15-17-7-4-5-8-17/h6,9-14,16-17H,4-5,7-8,15H2,1-3H3,(H,26,30)(H2,27,28,29,31). The Labute approximate surface area is 190 Å². The largest absolute Gasteiger partial charge is 0.332 e. The zero-order chi connectivity index (χ0) is 22.4. The first-order chi connectivity index (χ1) is 14.7. The summed E-state index contributed by atoms with van der Waals surface area (Å²) in [5, 5.41) is 8.95. The van der Waals surface area contributed by atoms with Crippen molar-refractivity contribution >= 4 is 40.5 Å². The number of benzene rings is 2.